The van der Waals surface area contributed by atoms with E-state index in [1.165, 1.54) is 199 Å². The fourth-order valence-electron chi connectivity index (χ4n) is 8.42. The standard InChI is InChI=1S/C59H113N2O6P/c1-6-8-10-12-14-16-18-19-20-21-22-23-24-25-26-27-28-29-30-31-32-33-34-35-36-37-38-39-40-41-43-45-47-49-51-53-59(63)60-57(56-67-68(64,65)66-55-54-61(3,4)5)58(62)52-50-48-46-44-42-17-15-13-11-9-7-2/h11,13,21-22,42,44,50,52,57-58,62H,6-10,12,14-20,23-41,43,45-49,51,53-56H2,1-5H3,(H-,60,63,64,65)/b13-11+,22-21-,44-42+,52-50+. The van der Waals surface area contributed by atoms with Crippen molar-refractivity contribution in [2.24, 2.45) is 0 Å². The zero-order chi connectivity index (χ0) is 49.9. The van der Waals surface area contributed by atoms with Crippen LogP contribution in [0.1, 0.15) is 271 Å². The van der Waals surface area contributed by atoms with E-state index >= 15 is 0 Å². The Morgan fingerprint density at radius 2 is 0.853 bits per heavy atom. The van der Waals surface area contributed by atoms with Gasteiger partial charge in [0, 0.05) is 6.42 Å². The summed E-state index contributed by atoms with van der Waals surface area (Å²) in [6.45, 7) is 4.55. The fourth-order valence-corrected chi connectivity index (χ4v) is 9.15. The number of quaternary nitrogens is 1. The van der Waals surface area contributed by atoms with Crippen LogP contribution in [0.4, 0.5) is 0 Å². The van der Waals surface area contributed by atoms with Gasteiger partial charge in [0.1, 0.15) is 13.2 Å². The molecule has 2 N–H and O–H groups in total. The number of nitrogens with zero attached hydrogens (tertiary/aromatic N) is 1. The topological polar surface area (TPSA) is 108 Å². The lowest BCUT2D eigenvalue weighted by molar-refractivity contribution is -0.870. The molecule has 0 rings (SSSR count). The molecule has 68 heavy (non-hydrogen) atoms. The summed E-state index contributed by atoms with van der Waals surface area (Å²) in [5.41, 5.74) is 0. The number of amides is 1. The summed E-state index contributed by atoms with van der Waals surface area (Å²) in [7, 11) is 1.24. The zero-order valence-corrected chi connectivity index (χ0v) is 46.5. The van der Waals surface area contributed by atoms with Gasteiger partial charge in [-0.15, -0.1) is 0 Å². The highest BCUT2D eigenvalue weighted by molar-refractivity contribution is 7.45. The Morgan fingerprint density at radius 3 is 1.25 bits per heavy atom. The van der Waals surface area contributed by atoms with Crippen molar-refractivity contribution in [3.8, 4) is 0 Å². The molecule has 0 aromatic rings. The zero-order valence-electron chi connectivity index (χ0n) is 45.6. The molecule has 0 radical (unpaired) electrons. The third-order valence-electron chi connectivity index (χ3n) is 13.0. The van der Waals surface area contributed by atoms with E-state index in [2.05, 4.69) is 55.6 Å². The number of phosphoric ester groups is 1. The number of carbonyl (C=O) groups is 1. The van der Waals surface area contributed by atoms with Gasteiger partial charge in [0.05, 0.1) is 39.9 Å². The second-order valence-electron chi connectivity index (χ2n) is 21.0. The lowest BCUT2D eigenvalue weighted by atomic mass is 10.0. The Bertz CT molecular complexity index is 1250. The number of carbonyl (C=O) groups excluding carboxylic acids is 1. The van der Waals surface area contributed by atoms with E-state index < -0.39 is 26.6 Å². The van der Waals surface area contributed by atoms with Crippen LogP contribution >= 0.6 is 7.82 Å². The van der Waals surface area contributed by atoms with Crippen LogP contribution < -0.4 is 10.2 Å². The number of likely N-dealkylation sites (N-methyl/N-ethyl adjacent to an activating group) is 1. The summed E-state index contributed by atoms with van der Waals surface area (Å²) in [6.07, 6.45) is 66.6. The second-order valence-corrected chi connectivity index (χ2v) is 22.4. The van der Waals surface area contributed by atoms with Gasteiger partial charge in [-0.05, 0) is 64.2 Å². The number of rotatable bonds is 53. The summed E-state index contributed by atoms with van der Waals surface area (Å²) in [4.78, 5) is 25.4. The molecular weight excluding hydrogens is 864 g/mol. The molecule has 0 aliphatic rings. The number of hydrogen-bond donors (Lipinski definition) is 2. The molecule has 0 aliphatic carbocycles. The third-order valence-corrected chi connectivity index (χ3v) is 13.9. The largest absolute Gasteiger partial charge is 0.756 e. The number of allylic oxidation sites excluding steroid dienone is 7. The van der Waals surface area contributed by atoms with E-state index in [0.717, 1.165) is 51.4 Å². The minimum absolute atomic E-state index is 0.00872. The predicted molar refractivity (Wildman–Crippen MR) is 293 cm³/mol. The van der Waals surface area contributed by atoms with Gasteiger partial charge in [-0.3, -0.25) is 9.36 Å². The van der Waals surface area contributed by atoms with E-state index in [9.17, 15) is 19.4 Å². The first-order valence-corrected chi connectivity index (χ1v) is 30.5. The van der Waals surface area contributed by atoms with Crippen LogP contribution in [0.15, 0.2) is 48.6 Å². The van der Waals surface area contributed by atoms with Gasteiger partial charge in [-0.25, -0.2) is 0 Å². The number of nitrogens with one attached hydrogen (secondary N) is 1. The van der Waals surface area contributed by atoms with E-state index in [1.807, 2.05) is 27.2 Å². The lowest BCUT2D eigenvalue weighted by Gasteiger charge is -2.29. The van der Waals surface area contributed by atoms with Gasteiger partial charge in [0.2, 0.25) is 5.91 Å². The Labute approximate surface area is 422 Å². The quantitative estimate of drug-likeness (QED) is 0.0272. The molecule has 1 amide bonds. The van der Waals surface area contributed by atoms with Crippen LogP contribution in [0.5, 0.6) is 0 Å². The average molecular weight is 978 g/mol. The van der Waals surface area contributed by atoms with Gasteiger partial charge >= 0.3 is 0 Å². The molecular formula is C59H113N2O6P. The minimum Gasteiger partial charge on any atom is -0.756 e. The summed E-state index contributed by atoms with van der Waals surface area (Å²) >= 11 is 0. The Kier molecular flexibility index (Phi) is 49.3. The Balaban J connectivity index is 3.92. The molecule has 0 spiro atoms. The average Bonchev–Trinajstić information content (AvgIpc) is 3.30. The second kappa shape index (κ2) is 50.4. The Morgan fingerprint density at radius 1 is 0.500 bits per heavy atom. The molecule has 0 saturated heterocycles. The molecule has 0 fully saturated rings. The molecule has 0 heterocycles. The Hall–Kier alpha value is -1.54. The summed E-state index contributed by atoms with van der Waals surface area (Å²) in [5, 5.41) is 13.8. The van der Waals surface area contributed by atoms with Crippen molar-refractivity contribution in [2.75, 3.05) is 40.9 Å². The first-order valence-electron chi connectivity index (χ1n) is 29.0. The van der Waals surface area contributed by atoms with E-state index in [1.54, 1.807) is 6.08 Å². The van der Waals surface area contributed by atoms with Crippen molar-refractivity contribution in [2.45, 2.75) is 283 Å². The molecule has 9 heteroatoms. The maximum atomic E-state index is 12.9. The number of hydrogen-bond acceptors (Lipinski definition) is 6. The van der Waals surface area contributed by atoms with Gasteiger partial charge < -0.3 is 28.8 Å². The van der Waals surface area contributed by atoms with Crippen LogP contribution in [-0.4, -0.2) is 68.5 Å². The number of unbranched alkanes of at least 4 members (excludes halogenated alkanes) is 34. The van der Waals surface area contributed by atoms with Gasteiger partial charge in [-0.1, -0.05) is 249 Å². The van der Waals surface area contributed by atoms with Gasteiger partial charge in [-0.2, -0.15) is 0 Å². The normalized spacial score (nSPS) is 14.3. The SMILES string of the molecule is CCC/C=C/CC/C=C/CC/C=C/C(O)C(COP(=O)([O-])OCC[N+](C)(C)C)NC(=O)CCCCCCCCCCCCCCCCCCCCCCCCC/C=C\CCCCCCCCCC. The molecule has 0 aromatic heterocycles. The first-order chi connectivity index (χ1) is 33.0. The molecule has 400 valence electrons. The van der Waals surface area contributed by atoms with Crippen molar-refractivity contribution in [3.05, 3.63) is 48.6 Å². The van der Waals surface area contributed by atoms with E-state index in [-0.39, 0.29) is 12.5 Å². The number of aliphatic hydroxyl groups excluding tert-OH is 1. The molecule has 3 unspecified atom stereocenters. The van der Waals surface area contributed by atoms with E-state index in [4.69, 9.17) is 9.05 Å². The highest BCUT2D eigenvalue weighted by Gasteiger charge is 2.23. The predicted octanol–water partition coefficient (Wildman–Crippen LogP) is 16.9. The number of aliphatic hydroxyl groups is 1. The van der Waals surface area contributed by atoms with Crippen molar-refractivity contribution in [1.29, 1.82) is 0 Å². The van der Waals surface area contributed by atoms with E-state index in [0.29, 0.717) is 17.4 Å². The maximum Gasteiger partial charge on any atom is 0.268 e. The molecule has 0 saturated carbocycles. The molecule has 0 aromatic carbocycles. The molecule has 3 atom stereocenters. The number of phosphoric acid groups is 1. The smallest absolute Gasteiger partial charge is 0.268 e. The summed E-state index contributed by atoms with van der Waals surface area (Å²) in [5.74, 6) is -0.210. The lowest BCUT2D eigenvalue weighted by Crippen LogP contribution is -2.45. The fraction of sp³-hybridized carbons (Fsp3) is 0.847. The maximum absolute atomic E-state index is 12.9. The van der Waals surface area contributed by atoms with Crippen LogP contribution in [0.2, 0.25) is 0 Å². The van der Waals surface area contributed by atoms with Crippen molar-refractivity contribution in [3.63, 3.8) is 0 Å². The summed E-state index contributed by atoms with van der Waals surface area (Å²) in [6, 6.07) is -0.907. The van der Waals surface area contributed by atoms with Crippen LogP contribution in [0.25, 0.3) is 0 Å². The van der Waals surface area contributed by atoms with Gasteiger partial charge in [0.25, 0.3) is 7.82 Å². The van der Waals surface area contributed by atoms with Crippen molar-refractivity contribution in [1.82, 2.24) is 5.32 Å². The minimum atomic E-state index is -4.60. The van der Waals surface area contributed by atoms with Crippen LogP contribution in [0.3, 0.4) is 0 Å². The highest BCUT2D eigenvalue weighted by atomic mass is 31.2. The molecule has 0 bridgehead atoms. The monoisotopic (exact) mass is 977 g/mol. The van der Waals surface area contributed by atoms with Gasteiger partial charge in [0.15, 0.2) is 0 Å². The van der Waals surface area contributed by atoms with Crippen LogP contribution in [-0.2, 0) is 18.4 Å². The van der Waals surface area contributed by atoms with Crippen molar-refractivity contribution < 1.29 is 32.9 Å². The first kappa shape index (κ1) is 66.5. The molecule has 0 aliphatic heterocycles. The molecule has 8 nitrogen and oxygen atoms in total. The van der Waals surface area contributed by atoms with Crippen LogP contribution in [0, 0.1) is 0 Å². The summed E-state index contributed by atoms with van der Waals surface area (Å²) < 4.78 is 23.2. The highest BCUT2D eigenvalue weighted by Crippen LogP contribution is 2.38. The third kappa shape index (κ3) is 52.3. The van der Waals surface area contributed by atoms with Crippen molar-refractivity contribution >= 4 is 13.7 Å².